The number of H-pyrrole nitrogens is 1. The number of hydrogen-bond acceptors (Lipinski definition) is 6. The fourth-order valence-corrected chi connectivity index (χ4v) is 4.13. The lowest BCUT2D eigenvalue weighted by molar-refractivity contribution is -0.144. The number of aromatic amines is 1. The van der Waals surface area contributed by atoms with Crippen LogP contribution in [0.4, 0.5) is 10.1 Å². The van der Waals surface area contributed by atoms with Crippen molar-refractivity contribution in [2.24, 2.45) is 0 Å². The molecule has 0 unspecified atom stereocenters. The fraction of sp³-hybridized carbons (Fsp3) is 0.417. The van der Waals surface area contributed by atoms with E-state index in [1.807, 2.05) is 13.8 Å². The molecule has 1 saturated heterocycles. The number of aliphatic hydroxyl groups excluding tert-OH is 1. The van der Waals surface area contributed by atoms with Crippen molar-refractivity contribution in [3.8, 4) is 0 Å². The van der Waals surface area contributed by atoms with Crippen molar-refractivity contribution in [3.05, 3.63) is 52.1 Å². The summed E-state index contributed by atoms with van der Waals surface area (Å²) in [7, 11) is 0. The van der Waals surface area contributed by atoms with Gasteiger partial charge in [0.05, 0.1) is 25.4 Å². The van der Waals surface area contributed by atoms with Gasteiger partial charge in [-0.2, -0.15) is 0 Å². The van der Waals surface area contributed by atoms with Crippen molar-refractivity contribution in [1.29, 1.82) is 0 Å². The average molecular weight is 473 g/mol. The fourth-order valence-electron chi connectivity index (χ4n) is 4.13. The third-order valence-electron chi connectivity index (χ3n) is 6.13. The first-order chi connectivity index (χ1) is 16.3. The molecule has 1 aromatic carbocycles. The number of fused-ring (bicyclic) bond motifs is 1. The minimum Gasteiger partial charge on any atom is -0.383 e. The van der Waals surface area contributed by atoms with Crippen molar-refractivity contribution < 1.29 is 28.7 Å². The predicted octanol–water partition coefficient (Wildman–Crippen LogP) is 1.89. The quantitative estimate of drug-likeness (QED) is 0.265. The molecule has 1 atom stereocenters. The van der Waals surface area contributed by atoms with Crippen LogP contribution in [0.2, 0.25) is 0 Å². The van der Waals surface area contributed by atoms with Crippen LogP contribution in [0.3, 0.4) is 0 Å². The van der Waals surface area contributed by atoms with Gasteiger partial charge in [-0.1, -0.05) is 0 Å². The topological polar surface area (TPSA) is 116 Å². The van der Waals surface area contributed by atoms with Gasteiger partial charge < -0.3 is 25.0 Å². The zero-order chi connectivity index (χ0) is 24.2. The molecular formula is C24H29FN4O5. The Morgan fingerprint density at radius 1 is 1.35 bits per heavy atom. The van der Waals surface area contributed by atoms with E-state index in [9.17, 15) is 19.1 Å². The number of aryl methyl sites for hydroxylation is 1. The molecule has 4 rings (SSSR count). The first-order valence-corrected chi connectivity index (χ1v) is 11.3. The second-order valence-corrected chi connectivity index (χ2v) is 8.39. The summed E-state index contributed by atoms with van der Waals surface area (Å²) in [6, 6.07) is 4.20. The average Bonchev–Trinajstić information content (AvgIpc) is 3.28. The number of nitrogens with zero attached hydrogens (tertiary/aromatic N) is 1. The number of rotatable bonds is 8. The number of hydrogen-bond donors (Lipinski definition) is 4. The van der Waals surface area contributed by atoms with E-state index in [2.05, 4.69) is 15.8 Å². The summed E-state index contributed by atoms with van der Waals surface area (Å²) in [6.45, 7) is 6.34. The summed E-state index contributed by atoms with van der Waals surface area (Å²) >= 11 is 0. The number of carbonyl (C=O) groups excluding carboxylic acids is 2. The van der Waals surface area contributed by atoms with Crippen molar-refractivity contribution in [3.63, 3.8) is 0 Å². The number of benzene rings is 1. The maximum Gasteiger partial charge on any atom is 0.256 e. The third-order valence-corrected chi connectivity index (χ3v) is 6.13. The highest BCUT2D eigenvalue weighted by Crippen LogP contribution is 2.34. The highest BCUT2D eigenvalue weighted by atomic mass is 19.1. The van der Waals surface area contributed by atoms with Crippen LogP contribution in [0.5, 0.6) is 0 Å². The van der Waals surface area contributed by atoms with Gasteiger partial charge in [0.2, 0.25) is 0 Å². The number of hydroxylamine groups is 1. The number of amides is 2. The van der Waals surface area contributed by atoms with Crippen LogP contribution in [-0.4, -0.2) is 65.8 Å². The lowest BCUT2D eigenvalue weighted by atomic mass is 10.0. The second kappa shape index (κ2) is 10.5. The number of aliphatic hydroxyl groups is 1. The van der Waals surface area contributed by atoms with Crippen LogP contribution in [0, 0.1) is 19.7 Å². The minimum atomic E-state index is -1.09. The van der Waals surface area contributed by atoms with Gasteiger partial charge in [0.15, 0.2) is 0 Å². The van der Waals surface area contributed by atoms with Crippen molar-refractivity contribution in [1.82, 2.24) is 15.4 Å². The molecular weight excluding hydrogens is 443 g/mol. The zero-order valence-corrected chi connectivity index (χ0v) is 19.2. The maximum absolute atomic E-state index is 13.7. The van der Waals surface area contributed by atoms with Crippen molar-refractivity contribution in [2.45, 2.75) is 33.0 Å². The molecule has 0 radical (unpaired) electrons. The normalized spacial score (nSPS) is 17.7. The summed E-state index contributed by atoms with van der Waals surface area (Å²) in [5, 5.41) is 12.9. The highest BCUT2D eigenvalue weighted by molar-refractivity contribution is 6.34. The molecule has 2 amide bonds. The number of halogens is 1. The molecule has 182 valence electrons. The van der Waals surface area contributed by atoms with E-state index < -0.39 is 11.9 Å². The van der Waals surface area contributed by atoms with Crippen LogP contribution in [0.25, 0.3) is 11.6 Å². The smallest absolute Gasteiger partial charge is 0.256 e. The van der Waals surface area contributed by atoms with Crippen LogP contribution < -0.4 is 10.8 Å². The molecule has 10 heteroatoms. The summed E-state index contributed by atoms with van der Waals surface area (Å²) in [5.41, 5.74) is 7.75. The van der Waals surface area contributed by atoms with Crippen LogP contribution in [0.1, 0.15) is 34.5 Å². The molecule has 0 saturated carbocycles. The SMILES string of the molecule is Cc1[nH]c(/C=C2\C(=O)Nc3ccc(F)cc32)c(C)c1CONCC[C@H](O)C(=O)N1CCOCC1. The van der Waals surface area contributed by atoms with E-state index in [0.29, 0.717) is 49.7 Å². The third kappa shape index (κ3) is 5.20. The Kier molecular flexibility index (Phi) is 7.42. The van der Waals surface area contributed by atoms with E-state index in [1.54, 1.807) is 17.0 Å². The Bertz CT molecular complexity index is 1110. The summed E-state index contributed by atoms with van der Waals surface area (Å²) in [6.07, 6.45) is 0.852. The van der Waals surface area contributed by atoms with Crippen LogP contribution >= 0.6 is 0 Å². The monoisotopic (exact) mass is 472 g/mol. The van der Waals surface area contributed by atoms with Gasteiger partial charge in [-0.3, -0.25) is 14.4 Å². The number of carbonyl (C=O) groups is 2. The van der Waals surface area contributed by atoms with E-state index in [0.717, 1.165) is 22.5 Å². The van der Waals surface area contributed by atoms with E-state index >= 15 is 0 Å². The van der Waals surface area contributed by atoms with Gasteiger partial charge in [-0.05, 0) is 50.1 Å². The van der Waals surface area contributed by atoms with Gasteiger partial charge in [-0.15, -0.1) is 0 Å². The largest absolute Gasteiger partial charge is 0.383 e. The summed E-state index contributed by atoms with van der Waals surface area (Å²) < 4.78 is 18.9. The number of nitrogens with one attached hydrogen (secondary N) is 3. The number of morpholine rings is 1. The van der Waals surface area contributed by atoms with Gasteiger partial charge >= 0.3 is 0 Å². The molecule has 2 aromatic rings. The number of ether oxygens (including phenoxy) is 1. The molecule has 0 bridgehead atoms. The minimum absolute atomic E-state index is 0.226. The zero-order valence-electron chi connectivity index (χ0n) is 19.2. The van der Waals surface area contributed by atoms with Gasteiger partial charge in [0.1, 0.15) is 11.9 Å². The predicted molar refractivity (Wildman–Crippen MR) is 124 cm³/mol. The maximum atomic E-state index is 13.7. The Balaban J connectivity index is 1.32. The Morgan fingerprint density at radius 3 is 2.88 bits per heavy atom. The number of anilines is 1. The van der Waals surface area contributed by atoms with Crippen molar-refractivity contribution >= 4 is 29.2 Å². The van der Waals surface area contributed by atoms with E-state index in [4.69, 9.17) is 9.57 Å². The second-order valence-electron chi connectivity index (χ2n) is 8.39. The first-order valence-electron chi connectivity index (χ1n) is 11.3. The number of aromatic nitrogens is 1. The highest BCUT2D eigenvalue weighted by Gasteiger charge is 2.26. The molecule has 4 N–H and O–H groups in total. The van der Waals surface area contributed by atoms with E-state index in [-0.39, 0.29) is 24.8 Å². The first kappa shape index (κ1) is 24.1. The molecule has 2 aliphatic heterocycles. The lowest BCUT2D eigenvalue weighted by Gasteiger charge is -2.28. The molecule has 0 spiro atoms. The molecule has 1 fully saturated rings. The summed E-state index contributed by atoms with van der Waals surface area (Å²) in [5.74, 6) is -0.980. The van der Waals surface area contributed by atoms with Crippen LogP contribution in [0.15, 0.2) is 18.2 Å². The Labute approximate surface area is 196 Å². The van der Waals surface area contributed by atoms with Crippen LogP contribution in [-0.2, 0) is 25.8 Å². The molecule has 3 heterocycles. The van der Waals surface area contributed by atoms with E-state index in [1.165, 1.54) is 12.1 Å². The summed E-state index contributed by atoms with van der Waals surface area (Å²) in [4.78, 5) is 35.0. The van der Waals surface area contributed by atoms with Crippen molar-refractivity contribution in [2.75, 3.05) is 38.2 Å². The molecule has 0 aliphatic carbocycles. The molecule has 1 aromatic heterocycles. The molecule has 34 heavy (non-hydrogen) atoms. The van der Waals surface area contributed by atoms with Gasteiger partial charge in [0.25, 0.3) is 11.8 Å². The van der Waals surface area contributed by atoms with Gasteiger partial charge in [-0.25, -0.2) is 9.87 Å². The lowest BCUT2D eigenvalue weighted by Crippen LogP contribution is -2.46. The molecule has 9 nitrogen and oxygen atoms in total. The standard InChI is InChI=1S/C24H29FN4O5/c1-14-19(13-34-26-6-5-22(30)24(32)29-7-9-33-10-8-29)15(2)27-21(14)12-18-17-11-16(25)3-4-20(17)28-23(18)31/h3-4,11-12,22,26-27,30H,5-10,13H2,1-2H3,(H,28,31)/b18-12-/t22-/m0/s1. The Hall–Kier alpha value is -3.05. The Morgan fingerprint density at radius 2 is 2.12 bits per heavy atom. The molecule has 2 aliphatic rings. The van der Waals surface area contributed by atoms with Gasteiger partial charge in [0, 0.05) is 47.8 Å².